The molecule has 7 heteroatoms. The maximum atomic E-state index is 11.9. The number of hydrogen-bond acceptors (Lipinski definition) is 4. The van der Waals surface area contributed by atoms with E-state index in [1.54, 1.807) is 24.3 Å². The summed E-state index contributed by atoms with van der Waals surface area (Å²) in [4.78, 5) is 11.9. The molecule has 6 nitrogen and oxygen atoms in total. The van der Waals surface area contributed by atoms with Crippen LogP contribution in [-0.2, 0) is 11.2 Å². The van der Waals surface area contributed by atoms with Crippen molar-refractivity contribution in [2.45, 2.75) is 20.3 Å². The molecule has 0 saturated heterocycles. The number of benzene rings is 2. The highest BCUT2D eigenvalue weighted by atomic mass is 32.1. The number of nitrogens with one attached hydrogen (secondary N) is 3. The number of amides is 1. The van der Waals surface area contributed by atoms with E-state index in [9.17, 15) is 4.79 Å². The van der Waals surface area contributed by atoms with Gasteiger partial charge in [-0.25, -0.2) is 0 Å². The molecule has 1 amide bonds. The number of aryl methyl sites for hydroxylation is 2. The van der Waals surface area contributed by atoms with Gasteiger partial charge in [-0.3, -0.25) is 15.6 Å². The van der Waals surface area contributed by atoms with Crippen molar-refractivity contribution in [3.05, 3.63) is 59.2 Å². The average Bonchev–Trinajstić information content (AvgIpc) is 2.66. The first-order chi connectivity index (χ1) is 12.5. The molecule has 0 radical (unpaired) electrons. The Balaban J connectivity index is 1.84. The molecule has 134 valence electrons. The summed E-state index contributed by atoms with van der Waals surface area (Å²) in [5, 5.41) is 12.4. The van der Waals surface area contributed by atoms with Gasteiger partial charge in [0.15, 0.2) is 11.7 Å². The fourth-order valence-electron chi connectivity index (χ4n) is 2.34. The number of nitriles is 1. The Morgan fingerprint density at radius 2 is 1.96 bits per heavy atom. The largest absolute Gasteiger partial charge is 0.482 e. The van der Waals surface area contributed by atoms with Gasteiger partial charge in [-0.15, -0.1) is 0 Å². The molecule has 0 unspecified atom stereocenters. The van der Waals surface area contributed by atoms with E-state index in [4.69, 9.17) is 22.2 Å². The number of hydrazine groups is 1. The Morgan fingerprint density at radius 3 is 2.69 bits per heavy atom. The summed E-state index contributed by atoms with van der Waals surface area (Å²) in [5.41, 5.74) is 8.62. The van der Waals surface area contributed by atoms with E-state index >= 15 is 0 Å². The van der Waals surface area contributed by atoms with E-state index in [0.717, 1.165) is 23.2 Å². The molecular formula is C19H20N4O2S. The molecule has 2 aromatic rings. The molecule has 0 bridgehead atoms. The van der Waals surface area contributed by atoms with Crippen LogP contribution in [0.3, 0.4) is 0 Å². The lowest BCUT2D eigenvalue weighted by Crippen LogP contribution is -2.45. The molecule has 0 aliphatic rings. The lowest BCUT2D eigenvalue weighted by atomic mass is 10.1. The first kappa shape index (κ1) is 19.2. The van der Waals surface area contributed by atoms with E-state index in [1.165, 1.54) is 0 Å². The standard InChI is InChI=1S/C19H20N4O2S/c1-3-14-9-6-7-13(2)18(14)21-19(26)23-22-17(24)12-25-16-10-5-4-8-15(16)11-20/h4-10H,3,12H2,1-2H3,(H,22,24)(H2,21,23,26). The highest BCUT2D eigenvalue weighted by molar-refractivity contribution is 7.80. The summed E-state index contributed by atoms with van der Waals surface area (Å²) in [6, 6.07) is 14.7. The van der Waals surface area contributed by atoms with Gasteiger partial charge in [0.05, 0.1) is 5.56 Å². The number of nitrogens with zero attached hydrogens (tertiary/aromatic N) is 1. The zero-order chi connectivity index (χ0) is 18.9. The van der Waals surface area contributed by atoms with Crippen molar-refractivity contribution in [2.75, 3.05) is 11.9 Å². The Morgan fingerprint density at radius 1 is 1.19 bits per heavy atom. The van der Waals surface area contributed by atoms with E-state index in [2.05, 4.69) is 23.1 Å². The highest BCUT2D eigenvalue weighted by Crippen LogP contribution is 2.20. The third kappa shape index (κ3) is 5.19. The first-order valence-electron chi connectivity index (χ1n) is 8.11. The zero-order valence-corrected chi connectivity index (χ0v) is 15.4. The molecule has 0 aromatic heterocycles. The predicted octanol–water partition coefficient (Wildman–Crippen LogP) is 2.83. The van der Waals surface area contributed by atoms with E-state index < -0.39 is 5.91 Å². The number of para-hydroxylation sites is 2. The Bertz CT molecular complexity index is 846. The maximum Gasteiger partial charge on any atom is 0.276 e. The fourth-order valence-corrected chi connectivity index (χ4v) is 2.49. The van der Waals surface area contributed by atoms with Crippen LogP contribution in [0.4, 0.5) is 5.69 Å². The van der Waals surface area contributed by atoms with E-state index in [-0.39, 0.29) is 11.7 Å². The predicted molar refractivity (Wildman–Crippen MR) is 105 cm³/mol. The summed E-state index contributed by atoms with van der Waals surface area (Å²) < 4.78 is 5.36. The molecule has 0 heterocycles. The minimum absolute atomic E-state index is 0.237. The van der Waals surface area contributed by atoms with Gasteiger partial charge in [-0.05, 0) is 48.8 Å². The van der Waals surface area contributed by atoms with Crippen LogP contribution < -0.4 is 20.9 Å². The summed E-state index contributed by atoms with van der Waals surface area (Å²) in [7, 11) is 0. The quantitative estimate of drug-likeness (QED) is 0.556. The van der Waals surface area contributed by atoms with Crippen LogP contribution in [0.25, 0.3) is 0 Å². The molecule has 2 rings (SSSR count). The number of hydrogen-bond donors (Lipinski definition) is 3. The Hall–Kier alpha value is -3.11. The lowest BCUT2D eigenvalue weighted by molar-refractivity contribution is -0.123. The molecule has 0 aliphatic carbocycles. The molecule has 3 N–H and O–H groups in total. The number of carbonyl (C=O) groups is 1. The second kappa shape index (κ2) is 9.39. The maximum absolute atomic E-state index is 11.9. The van der Waals surface area contributed by atoms with Gasteiger partial charge in [0.2, 0.25) is 0 Å². The van der Waals surface area contributed by atoms with Gasteiger partial charge in [0.25, 0.3) is 5.91 Å². The van der Waals surface area contributed by atoms with Crippen LogP contribution in [0, 0.1) is 18.3 Å². The van der Waals surface area contributed by atoms with Gasteiger partial charge in [-0.1, -0.05) is 37.3 Å². The fraction of sp³-hybridized carbons (Fsp3) is 0.211. The van der Waals surface area contributed by atoms with Crippen LogP contribution in [0.15, 0.2) is 42.5 Å². The number of anilines is 1. The number of thiocarbonyl (C=S) groups is 1. The molecule has 2 aromatic carbocycles. The van der Waals surface area contributed by atoms with E-state index in [1.807, 2.05) is 31.2 Å². The van der Waals surface area contributed by atoms with Gasteiger partial charge >= 0.3 is 0 Å². The Labute approximate surface area is 158 Å². The van der Waals surface area contributed by atoms with Crippen LogP contribution in [-0.4, -0.2) is 17.6 Å². The topological polar surface area (TPSA) is 86.2 Å². The van der Waals surface area contributed by atoms with Gasteiger partial charge in [0.1, 0.15) is 11.8 Å². The second-order valence-electron chi connectivity index (χ2n) is 5.49. The monoisotopic (exact) mass is 368 g/mol. The lowest BCUT2D eigenvalue weighted by Gasteiger charge is -2.16. The average molecular weight is 368 g/mol. The van der Waals surface area contributed by atoms with Crippen molar-refractivity contribution < 1.29 is 9.53 Å². The number of carbonyl (C=O) groups excluding carboxylic acids is 1. The number of ether oxygens (including phenoxy) is 1. The van der Waals surface area contributed by atoms with Crippen LogP contribution in [0.5, 0.6) is 5.75 Å². The molecule has 26 heavy (non-hydrogen) atoms. The van der Waals surface area contributed by atoms with Crippen molar-refractivity contribution in [1.29, 1.82) is 5.26 Å². The van der Waals surface area contributed by atoms with Gasteiger partial charge in [-0.2, -0.15) is 5.26 Å². The summed E-state index contributed by atoms with van der Waals surface area (Å²) in [5.74, 6) is -0.0549. The minimum atomic E-state index is -0.414. The van der Waals surface area contributed by atoms with Crippen molar-refractivity contribution in [1.82, 2.24) is 10.9 Å². The van der Waals surface area contributed by atoms with Crippen LogP contribution >= 0.6 is 12.2 Å². The normalized spacial score (nSPS) is 9.73. The van der Waals surface area contributed by atoms with E-state index in [0.29, 0.717) is 11.3 Å². The van der Waals surface area contributed by atoms with Crippen LogP contribution in [0.1, 0.15) is 23.6 Å². The van der Waals surface area contributed by atoms with Crippen molar-refractivity contribution >= 4 is 28.9 Å². The molecule has 0 saturated carbocycles. The molecule has 0 aliphatic heterocycles. The smallest absolute Gasteiger partial charge is 0.276 e. The molecule has 0 fully saturated rings. The highest BCUT2D eigenvalue weighted by Gasteiger charge is 2.09. The number of rotatable bonds is 5. The second-order valence-corrected chi connectivity index (χ2v) is 5.89. The van der Waals surface area contributed by atoms with Gasteiger partial charge < -0.3 is 10.1 Å². The summed E-state index contributed by atoms with van der Waals surface area (Å²) in [6.07, 6.45) is 0.866. The molecule has 0 spiro atoms. The molecule has 0 atom stereocenters. The SMILES string of the molecule is CCc1cccc(C)c1NC(=S)NNC(=O)COc1ccccc1C#N. The molecular weight excluding hydrogens is 348 g/mol. The van der Waals surface area contributed by atoms with Crippen molar-refractivity contribution in [3.63, 3.8) is 0 Å². The van der Waals surface area contributed by atoms with Crippen molar-refractivity contribution in [2.24, 2.45) is 0 Å². The van der Waals surface area contributed by atoms with Crippen molar-refractivity contribution in [3.8, 4) is 11.8 Å². The van der Waals surface area contributed by atoms with Crippen LogP contribution in [0.2, 0.25) is 0 Å². The third-order valence-corrected chi connectivity index (χ3v) is 3.86. The zero-order valence-electron chi connectivity index (χ0n) is 14.6. The minimum Gasteiger partial charge on any atom is -0.482 e. The van der Waals surface area contributed by atoms with Gasteiger partial charge in [0, 0.05) is 5.69 Å². The summed E-state index contributed by atoms with van der Waals surface area (Å²) >= 11 is 5.22. The summed E-state index contributed by atoms with van der Waals surface area (Å²) in [6.45, 7) is 3.82. The Kier molecular flexibility index (Phi) is 6.94. The first-order valence-corrected chi connectivity index (χ1v) is 8.52. The third-order valence-electron chi connectivity index (χ3n) is 3.66.